The Bertz CT molecular complexity index is 377. The summed E-state index contributed by atoms with van der Waals surface area (Å²) < 4.78 is 5.05. The van der Waals surface area contributed by atoms with Crippen molar-refractivity contribution < 1.29 is 24.5 Å². The second kappa shape index (κ2) is 12.2. The molecule has 0 aliphatic rings. The van der Waals surface area contributed by atoms with Crippen LogP contribution in [0.25, 0.3) is 0 Å². The maximum Gasteiger partial charge on any atom is 0.307 e. The van der Waals surface area contributed by atoms with Crippen LogP contribution in [0, 0.1) is 5.41 Å². The highest BCUT2D eigenvalue weighted by molar-refractivity contribution is 5.81. The van der Waals surface area contributed by atoms with Crippen LogP contribution < -0.4 is 16.8 Å². The quantitative estimate of drug-likeness (QED) is 0.218. The largest absolute Gasteiger partial charge is 0.466 e. The molecule has 0 aliphatic carbocycles. The van der Waals surface area contributed by atoms with Gasteiger partial charge in [0.2, 0.25) is 5.91 Å². The van der Waals surface area contributed by atoms with Crippen molar-refractivity contribution in [1.29, 1.82) is 0 Å². The summed E-state index contributed by atoms with van der Waals surface area (Å²) in [5, 5.41) is 21.3. The first-order valence-corrected chi connectivity index (χ1v) is 8.42. The van der Waals surface area contributed by atoms with Gasteiger partial charge in [-0.1, -0.05) is 13.8 Å². The Balaban J connectivity index is 3.78. The van der Waals surface area contributed by atoms with E-state index in [1.807, 2.05) is 0 Å². The highest BCUT2D eigenvalue weighted by atomic mass is 16.5. The van der Waals surface area contributed by atoms with Gasteiger partial charge < -0.3 is 31.7 Å². The minimum absolute atomic E-state index is 0.0250. The normalized spacial score (nSPS) is 14.1. The van der Waals surface area contributed by atoms with Crippen LogP contribution in [-0.4, -0.2) is 60.5 Å². The van der Waals surface area contributed by atoms with Crippen molar-refractivity contribution in [2.75, 3.05) is 26.3 Å². The van der Waals surface area contributed by atoms with Crippen LogP contribution in [0.15, 0.2) is 0 Å². The average Bonchev–Trinajstić information content (AvgIpc) is 2.55. The van der Waals surface area contributed by atoms with E-state index in [1.54, 1.807) is 13.8 Å². The van der Waals surface area contributed by atoms with E-state index < -0.39 is 23.4 Å². The molecule has 1 amide bonds. The predicted molar refractivity (Wildman–Crippen MR) is 91.0 cm³/mol. The summed E-state index contributed by atoms with van der Waals surface area (Å²) in [6.07, 6.45) is 1.90. The van der Waals surface area contributed by atoms with E-state index in [0.29, 0.717) is 19.6 Å². The zero-order valence-corrected chi connectivity index (χ0v) is 14.8. The topological polar surface area (TPSA) is 148 Å². The number of esters is 1. The average molecular weight is 347 g/mol. The van der Waals surface area contributed by atoms with Gasteiger partial charge in [-0.25, -0.2) is 0 Å². The number of carbonyl (C=O) groups excluding carboxylic acids is 2. The predicted octanol–water partition coefficient (Wildman–Crippen LogP) is -0.738. The van der Waals surface area contributed by atoms with Crippen LogP contribution in [0.2, 0.25) is 0 Å². The summed E-state index contributed by atoms with van der Waals surface area (Å²) >= 11 is 0. The molecule has 24 heavy (non-hydrogen) atoms. The minimum Gasteiger partial charge on any atom is -0.466 e. The first-order valence-electron chi connectivity index (χ1n) is 8.42. The van der Waals surface area contributed by atoms with Crippen LogP contribution in [0.4, 0.5) is 0 Å². The number of nitrogens with one attached hydrogen (secondary N) is 1. The SMILES string of the molecule is CC(C)(CO)[C@@H](O)C(=O)NCCC(=O)OCCCC(N)CCCN. The Kier molecular flexibility index (Phi) is 11.6. The third-order valence-corrected chi connectivity index (χ3v) is 3.79. The van der Waals surface area contributed by atoms with E-state index in [-0.39, 0.29) is 25.6 Å². The summed E-state index contributed by atoms with van der Waals surface area (Å²) in [7, 11) is 0. The number of rotatable bonds is 13. The fraction of sp³-hybridized carbons (Fsp3) is 0.875. The molecular formula is C16H33N3O5. The van der Waals surface area contributed by atoms with Gasteiger partial charge in [0.1, 0.15) is 6.10 Å². The van der Waals surface area contributed by atoms with Crippen LogP contribution >= 0.6 is 0 Å². The summed E-state index contributed by atoms with van der Waals surface area (Å²) in [5.74, 6) is -1.03. The van der Waals surface area contributed by atoms with Crippen molar-refractivity contribution in [2.24, 2.45) is 16.9 Å². The summed E-state index contributed by atoms with van der Waals surface area (Å²) in [6.45, 7) is 3.82. The maximum absolute atomic E-state index is 11.7. The third-order valence-electron chi connectivity index (χ3n) is 3.79. The van der Waals surface area contributed by atoms with Gasteiger partial charge in [0, 0.05) is 18.0 Å². The fourth-order valence-corrected chi connectivity index (χ4v) is 1.95. The molecule has 0 aromatic carbocycles. The summed E-state index contributed by atoms with van der Waals surface area (Å²) in [5.41, 5.74) is 10.3. The van der Waals surface area contributed by atoms with E-state index in [2.05, 4.69) is 5.32 Å². The number of carbonyl (C=O) groups is 2. The number of nitrogens with two attached hydrogens (primary N) is 2. The van der Waals surface area contributed by atoms with E-state index in [1.165, 1.54) is 0 Å². The second-order valence-corrected chi connectivity index (χ2v) is 6.64. The van der Waals surface area contributed by atoms with Crippen LogP contribution in [-0.2, 0) is 14.3 Å². The van der Waals surface area contributed by atoms with Gasteiger partial charge in [-0.2, -0.15) is 0 Å². The number of hydrogen-bond donors (Lipinski definition) is 5. The zero-order chi connectivity index (χ0) is 18.6. The number of hydrogen-bond acceptors (Lipinski definition) is 7. The number of ether oxygens (including phenoxy) is 1. The van der Waals surface area contributed by atoms with E-state index in [0.717, 1.165) is 19.3 Å². The number of aliphatic hydroxyl groups excluding tert-OH is 2. The first kappa shape index (κ1) is 22.8. The van der Waals surface area contributed by atoms with Crippen LogP contribution in [0.5, 0.6) is 0 Å². The highest BCUT2D eigenvalue weighted by Gasteiger charge is 2.32. The van der Waals surface area contributed by atoms with E-state index in [4.69, 9.17) is 21.3 Å². The van der Waals surface area contributed by atoms with Gasteiger partial charge in [-0.05, 0) is 32.2 Å². The molecule has 0 aromatic rings. The fourth-order valence-electron chi connectivity index (χ4n) is 1.95. The molecule has 0 saturated carbocycles. The maximum atomic E-state index is 11.7. The van der Waals surface area contributed by atoms with Gasteiger partial charge >= 0.3 is 5.97 Å². The minimum atomic E-state index is -1.34. The molecular weight excluding hydrogens is 314 g/mol. The van der Waals surface area contributed by atoms with E-state index in [9.17, 15) is 14.7 Å². The van der Waals surface area contributed by atoms with Crippen molar-refractivity contribution in [3.63, 3.8) is 0 Å². The van der Waals surface area contributed by atoms with Crippen molar-refractivity contribution in [3.05, 3.63) is 0 Å². The molecule has 0 spiro atoms. The van der Waals surface area contributed by atoms with Gasteiger partial charge in [-0.3, -0.25) is 9.59 Å². The van der Waals surface area contributed by atoms with Crippen molar-refractivity contribution in [1.82, 2.24) is 5.32 Å². The lowest BCUT2D eigenvalue weighted by molar-refractivity contribution is -0.144. The Morgan fingerprint density at radius 2 is 1.88 bits per heavy atom. The lowest BCUT2D eigenvalue weighted by Gasteiger charge is -2.27. The lowest BCUT2D eigenvalue weighted by Crippen LogP contribution is -2.46. The monoisotopic (exact) mass is 347 g/mol. The third kappa shape index (κ3) is 9.82. The Hall–Kier alpha value is -1.22. The molecule has 0 rings (SSSR count). The van der Waals surface area contributed by atoms with Gasteiger partial charge in [0.15, 0.2) is 0 Å². The molecule has 2 atom stereocenters. The van der Waals surface area contributed by atoms with Crippen LogP contribution in [0.1, 0.15) is 46.0 Å². The molecule has 1 unspecified atom stereocenters. The molecule has 0 radical (unpaired) electrons. The molecule has 0 fully saturated rings. The highest BCUT2D eigenvalue weighted by Crippen LogP contribution is 2.19. The summed E-state index contributed by atoms with van der Waals surface area (Å²) in [6, 6.07) is 0.0721. The molecule has 0 saturated heterocycles. The van der Waals surface area contributed by atoms with Gasteiger partial charge in [0.05, 0.1) is 19.6 Å². The molecule has 0 bridgehead atoms. The summed E-state index contributed by atoms with van der Waals surface area (Å²) in [4.78, 5) is 23.2. The molecule has 0 aliphatic heterocycles. The molecule has 8 nitrogen and oxygen atoms in total. The standard InChI is InChI=1S/C16H33N3O5/c1-16(2,11-20)14(22)15(23)19-9-7-13(21)24-10-4-6-12(18)5-3-8-17/h12,14,20,22H,3-11,17-18H2,1-2H3,(H,19,23)/t12?,14-/m0/s1. The van der Waals surface area contributed by atoms with Gasteiger partial charge in [-0.15, -0.1) is 0 Å². The molecule has 142 valence electrons. The van der Waals surface area contributed by atoms with E-state index >= 15 is 0 Å². The van der Waals surface area contributed by atoms with Crippen molar-refractivity contribution in [3.8, 4) is 0 Å². The Morgan fingerprint density at radius 1 is 1.25 bits per heavy atom. The molecule has 7 N–H and O–H groups in total. The van der Waals surface area contributed by atoms with Gasteiger partial charge in [0.25, 0.3) is 0 Å². The molecule has 0 aromatic heterocycles. The lowest BCUT2D eigenvalue weighted by atomic mass is 9.87. The number of aliphatic hydroxyl groups is 2. The molecule has 0 heterocycles. The molecule has 8 heteroatoms. The van der Waals surface area contributed by atoms with Crippen molar-refractivity contribution in [2.45, 2.75) is 58.1 Å². The van der Waals surface area contributed by atoms with Crippen LogP contribution in [0.3, 0.4) is 0 Å². The second-order valence-electron chi connectivity index (χ2n) is 6.64. The first-order chi connectivity index (χ1) is 11.2. The Labute approximate surface area is 143 Å². The zero-order valence-electron chi connectivity index (χ0n) is 14.8. The smallest absolute Gasteiger partial charge is 0.307 e. The van der Waals surface area contributed by atoms with Crippen molar-refractivity contribution >= 4 is 11.9 Å². The number of amides is 1. The Morgan fingerprint density at radius 3 is 2.46 bits per heavy atom.